The minimum absolute atomic E-state index is 0.0199. The number of sulfone groups is 1. The van der Waals surface area contributed by atoms with Gasteiger partial charge in [-0.25, -0.2) is 26.3 Å². The number of fused-ring (bicyclic) bond motifs is 3. The molecule has 23 heteroatoms. The van der Waals surface area contributed by atoms with Gasteiger partial charge >= 0.3 is 6.03 Å². The van der Waals surface area contributed by atoms with Crippen LogP contribution in [0.2, 0.25) is 0 Å². The van der Waals surface area contributed by atoms with Crippen LogP contribution >= 0.6 is 11.8 Å². The summed E-state index contributed by atoms with van der Waals surface area (Å²) >= 11 is 1.86. The summed E-state index contributed by atoms with van der Waals surface area (Å²) in [7, 11) is -4.88. The number of hydrogen-bond acceptors (Lipinski definition) is 14. The van der Waals surface area contributed by atoms with E-state index in [0.29, 0.717) is 76.2 Å². The second kappa shape index (κ2) is 26.6. The second-order valence-electron chi connectivity index (χ2n) is 21.9. The fraction of sp³-hybridized carbons (Fsp3) is 0.417. The first-order chi connectivity index (χ1) is 39.8. The zero-order chi connectivity index (χ0) is 59.0. The van der Waals surface area contributed by atoms with Gasteiger partial charge in [-0.3, -0.25) is 19.2 Å². The van der Waals surface area contributed by atoms with Gasteiger partial charge < -0.3 is 36.6 Å². The Bertz CT molecular complexity index is 3570. The molecule has 3 aliphatic heterocycles. The average molecular weight is 1190 g/mol. The lowest BCUT2D eigenvalue weighted by atomic mass is 9.93. The number of unbranched alkanes of at least 4 members (excludes halogenated alkanes) is 3. The summed E-state index contributed by atoms with van der Waals surface area (Å²) in [6.45, 7) is 3.36. The highest BCUT2D eigenvalue weighted by molar-refractivity contribution is 8.00. The largest absolute Gasteiger partial charge is 0.390 e. The molecule has 6 N–H and O–H groups in total. The topological polar surface area (TPSA) is 271 Å². The first-order valence-corrected chi connectivity index (χ1v) is 32.1. The fourth-order valence-corrected chi connectivity index (χ4v) is 15.8. The van der Waals surface area contributed by atoms with Gasteiger partial charge in [-0.15, -0.1) is 5.10 Å². The molecular formula is C60H72N10O10S3. The summed E-state index contributed by atoms with van der Waals surface area (Å²) in [4.78, 5) is 66.4. The maximum atomic E-state index is 14.6. The Balaban J connectivity index is 0.812. The minimum Gasteiger partial charge on any atom is -0.390 e. The molecule has 7 atom stereocenters. The van der Waals surface area contributed by atoms with Crippen LogP contribution in [0, 0.1) is 0 Å². The van der Waals surface area contributed by atoms with Crippen molar-refractivity contribution in [2.45, 2.75) is 134 Å². The van der Waals surface area contributed by atoms with Crippen LogP contribution in [0.25, 0.3) is 10.8 Å². The van der Waals surface area contributed by atoms with Crippen LogP contribution in [0.15, 0.2) is 130 Å². The molecule has 3 aliphatic rings. The van der Waals surface area contributed by atoms with Crippen LogP contribution in [0.5, 0.6) is 0 Å². The molecule has 2 bridgehead atoms. The van der Waals surface area contributed by atoms with Crippen LogP contribution < -0.4 is 31.5 Å². The van der Waals surface area contributed by atoms with Gasteiger partial charge in [-0.1, -0.05) is 104 Å². The number of urea groups is 1. The molecule has 6 aromatic rings. The fourth-order valence-electron chi connectivity index (χ4n) is 11.0. The standard InChI is InChI=1S/C60H72N10O10S3/c1-38-34-69(83(79,80)45-18-13-17-44(32-45)82(77,78)53-21-14-19-47-50(68(3)4)29-28-46(38)56(47)53)36-51(71)39(2)70-35-43(66-67-70)33-62-59(75)48(31-40-24-26-42(27-25-40)58(74)41-15-7-5-8-16-41)63-55(73)23-9-6-12-30-61-54(72)22-11-10-20-52-57-49(37-81-52)64-60(76)65-57/h5,7-8,13-19,21,24-29,32,35,38-39,48-49,51-52,57,71H,6,9-12,20,22-23,30-31,33-34,36-37H2,1-4H3,(H,61,72)(H,62,75)(H,63,73)(H2,64,65,76)/t38?,39-,48-,49-,51?,52-,57-/m0/s1. The van der Waals surface area contributed by atoms with Crippen LogP contribution in [0.3, 0.4) is 0 Å². The smallest absolute Gasteiger partial charge is 0.315 e. The van der Waals surface area contributed by atoms with E-state index in [-0.39, 0.29) is 82.9 Å². The molecule has 440 valence electrons. The van der Waals surface area contributed by atoms with Crippen molar-refractivity contribution in [1.82, 2.24) is 45.9 Å². The number of aromatic nitrogens is 3. The number of anilines is 1. The predicted molar refractivity (Wildman–Crippen MR) is 317 cm³/mol. The Morgan fingerprint density at radius 1 is 0.819 bits per heavy atom. The third-order valence-electron chi connectivity index (χ3n) is 15.7. The molecule has 1 aromatic heterocycles. The average Bonchev–Trinajstić information content (AvgIpc) is 2.86. The van der Waals surface area contributed by atoms with E-state index in [9.17, 15) is 45.9 Å². The SMILES string of the molecule is CC1CN(CC(O)[C@H](C)n2cc(CNC(=O)[C@H](Cc3ccc(C(=O)c4ccccc4)cc3)NC(=O)CCCCCNC(=O)CCCC[C@@H]3SC[C@@H]4NC(=O)N[C@@H]43)nn2)S(=O)(=O)c2cccc(c2)S(=O)(=O)c2cccc3c(N(C)C)ccc1c23. The number of benzene rings is 5. The number of amides is 5. The van der Waals surface area contributed by atoms with Gasteiger partial charge in [0.2, 0.25) is 37.6 Å². The minimum atomic E-state index is -4.40. The first kappa shape index (κ1) is 60.4. The molecule has 5 amide bonds. The summed E-state index contributed by atoms with van der Waals surface area (Å²) < 4.78 is 60.6. The van der Waals surface area contributed by atoms with Crippen molar-refractivity contribution in [2.75, 3.05) is 44.4 Å². The monoisotopic (exact) mass is 1190 g/mol. The van der Waals surface area contributed by atoms with Crippen LogP contribution in [0.1, 0.15) is 110 Å². The van der Waals surface area contributed by atoms with Crippen molar-refractivity contribution in [3.8, 4) is 0 Å². The lowest BCUT2D eigenvalue weighted by Crippen LogP contribution is -2.47. The van der Waals surface area contributed by atoms with E-state index in [0.717, 1.165) is 36.8 Å². The Kier molecular flexibility index (Phi) is 19.4. The highest BCUT2D eigenvalue weighted by Crippen LogP contribution is 2.40. The van der Waals surface area contributed by atoms with Gasteiger partial charge in [0.25, 0.3) is 0 Å². The third-order valence-corrected chi connectivity index (χ3v) is 20.9. The van der Waals surface area contributed by atoms with Crippen molar-refractivity contribution >= 4 is 77.6 Å². The molecule has 9 rings (SSSR count). The zero-order valence-corrected chi connectivity index (χ0v) is 49.4. The molecule has 0 saturated carbocycles. The lowest BCUT2D eigenvalue weighted by molar-refractivity contribution is -0.129. The van der Waals surface area contributed by atoms with Crippen molar-refractivity contribution in [3.05, 3.63) is 143 Å². The number of sulfonamides is 1. The molecule has 0 aliphatic carbocycles. The number of nitrogens with zero attached hydrogens (tertiary/aromatic N) is 5. The molecule has 2 unspecified atom stereocenters. The number of aliphatic hydroxyl groups is 1. The predicted octanol–water partition coefficient (Wildman–Crippen LogP) is 6.04. The molecule has 20 nitrogen and oxygen atoms in total. The summed E-state index contributed by atoms with van der Waals surface area (Å²) in [5.74, 6) is -0.658. The van der Waals surface area contributed by atoms with Gasteiger partial charge in [0.15, 0.2) is 5.78 Å². The molecular weight excluding hydrogens is 1120 g/mol. The van der Waals surface area contributed by atoms with E-state index in [1.165, 1.54) is 33.4 Å². The summed E-state index contributed by atoms with van der Waals surface area (Å²) in [6.07, 6.45) is 5.31. The van der Waals surface area contributed by atoms with Gasteiger partial charge in [0.1, 0.15) is 11.7 Å². The maximum Gasteiger partial charge on any atom is 0.315 e. The molecule has 2 fully saturated rings. The van der Waals surface area contributed by atoms with Gasteiger partial charge in [0, 0.05) is 91.6 Å². The number of nitrogens with one attached hydrogen (secondary N) is 5. The third kappa shape index (κ3) is 14.3. The molecule has 0 spiro atoms. The van der Waals surface area contributed by atoms with E-state index < -0.39 is 49.9 Å². The molecule has 0 radical (unpaired) electrons. The Labute approximate surface area is 488 Å². The van der Waals surface area contributed by atoms with E-state index in [2.05, 4.69) is 36.9 Å². The van der Waals surface area contributed by atoms with Gasteiger partial charge in [-0.2, -0.15) is 16.1 Å². The molecule has 83 heavy (non-hydrogen) atoms. The van der Waals surface area contributed by atoms with E-state index >= 15 is 0 Å². The number of ketones is 1. The summed E-state index contributed by atoms with van der Waals surface area (Å²) in [5, 5.41) is 36.5. The number of carbonyl (C=O) groups excluding carboxylic acids is 5. The normalized spacial score (nSPS) is 19.9. The molecule has 4 heterocycles. The van der Waals surface area contributed by atoms with Crippen molar-refractivity contribution < 1.29 is 45.9 Å². The first-order valence-electron chi connectivity index (χ1n) is 28.2. The number of hydrogen-bond donors (Lipinski definition) is 6. The Morgan fingerprint density at radius 3 is 2.31 bits per heavy atom. The highest BCUT2D eigenvalue weighted by Gasteiger charge is 2.42. The quantitative estimate of drug-likeness (QED) is 0.0229. The van der Waals surface area contributed by atoms with Gasteiger partial charge in [-0.05, 0) is 80.0 Å². The van der Waals surface area contributed by atoms with Crippen LogP contribution in [-0.4, -0.2) is 140 Å². The number of aliphatic hydroxyl groups excluding tert-OH is 1. The second-order valence-corrected chi connectivity index (χ2v) is 27.0. The maximum absolute atomic E-state index is 14.6. The van der Waals surface area contributed by atoms with E-state index in [4.69, 9.17) is 0 Å². The van der Waals surface area contributed by atoms with E-state index in [1.807, 2.05) is 61.9 Å². The van der Waals surface area contributed by atoms with Crippen molar-refractivity contribution in [1.29, 1.82) is 0 Å². The van der Waals surface area contributed by atoms with Crippen LogP contribution in [0.4, 0.5) is 10.5 Å². The molecule has 2 saturated heterocycles. The number of β-amino-alcohol motifs (C(OH)–C–C–N with tert-alkyl or cyclic N) is 1. The Morgan fingerprint density at radius 2 is 1.54 bits per heavy atom. The number of carbonyl (C=O) groups is 5. The van der Waals surface area contributed by atoms with Gasteiger partial charge in [0.05, 0.1) is 51.7 Å². The zero-order valence-electron chi connectivity index (χ0n) is 47.0. The molecule has 5 aromatic carbocycles. The number of rotatable bonds is 24. The van der Waals surface area contributed by atoms with Crippen molar-refractivity contribution in [2.24, 2.45) is 0 Å². The summed E-state index contributed by atoms with van der Waals surface area (Å²) in [5.41, 5.74) is 3.44. The van der Waals surface area contributed by atoms with E-state index in [1.54, 1.807) is 67.6 Å². The van der Waals surface area contributed by atoms with Crippen LogP contribution in [-0.2, 0) is 47.2 Å². The Hall–Kier alpha value is -7.18. The van der Waals surface area contributed by atoms with Crippen molar-refractivity contribution in [3.63, 3.8) is 0 Å². The highest BCUT2D eigenvalue weighted by atomic mass is 32.2. The summed E-state index contributed by atoms with van der Waals surface area (Å²) in [6, 6.07) is 28.2. The number of thioether (sulfide) groups is 1. The lowest BCUT2D eigenvalue weighted by Gasteiger charge is -2.30.